The van der Waals surface area contributed by atoms with Gasteiger partial charge in [-0.2, -0.15) is 5.10 Å². The summed E-state index contributed by atoms with van der Waals surface area (Å²) in [5, 5.41) is 6.87. The highest BCUT2D eigenvalue weighted by atomic mass is 16.5. The largest absolute Gasteiger partial charge is 0.445 e. The van der Waals surface area contributed by atoms with Crippen LogP contribution in [-0.2, 0) is 11.3 Å². The molecule has 0 aliphatic heterocycles. The van der Waals surface area contributed by atoms with E-state index in [1.165, 1.54) is 0 Å². The molecule has 3 rings (SSSR count). The normalized spacial score (nSPS) is 9.76. The zero-order valence-corrected chi connectivity index (χ0v) is 13.6. The predicted molar refractivity (Wildman–Crippen MR) is 95.1 cm³/mol. The second-order valence-corrected chi connectivity index (χ2v) is 5.23. The minimum Gasteiger partial charge on any atom is -0.445 e. The maximum absolute atomic E-state index is 11.6. The van der Waals surface area contributed by atoms with E-state index in [-0.39, 0.29) is 13.2 Å². The molecule has 0 unspecified atom stereocenters. The Bertz CT molecular complexity index is 877. The Labute approximate surface area is 146 Å². The van der Waals surface area contributed by atoms with Crippen molar-refractivity contribution in [3.05, 3.63) is 84.2 Å². The van der Waals surface area contributed by atoms with Gasteiger partial charge in [0.15, 0.2) is 0 Å². The van der Waals surface area contributed by atoms with Gasteiger partial charge in [-0.05, 0) is 17.7 Å². The molecule has 0 atom stereocenters. The number of benzene rings is 2. The molecule has 1 N–H and O–H groups in total. The van der Waals surface area contributed by atoms with Gasteiger partial charge < -0.3 is 10.1 Å². The van der Waals surface area contributed by atoms with Crippen LogP contribution in [0.5, 0.6) is 0 Å². The van der Waals surface area contributed by atoms with Gasteiger partial charge in [0.05, 0.1) is 24.0 Å². The topological polar surface area (TPSA) is 56.2 Å². The Morgan fingerprint density at radius 3 is 2.56 bits per heavy atom. The van der Waals surface area contributed by atoms with Crippen molar-refractivity contribution in [3.63, 3.8) is 0 Å². The van der Waals surface area contributed by atoms with Gasteiger partial charge in [-0.1, -0.05) is 60.4 Å². The molecule has 0 saturated carbocycles. The zero-order chi connectivity index (χ0) is 17.3. The highest BCUT2D eigenvalue weighted by Crippen LogP contribution is 2.06. The molecule has 2 aromatic carbocycles. The fraction of sp³-hybridized carbons (Fsp3) is 0.100. The molecule has 25 heavy (non-hydrogen) atoms. The number of para-hydroxylation sites is 1. The highest BCUT2D eigenvalue weighted by molar-refractivity contribution is 5.67. The lowest BCUT2D eigenvalue weighted by molar-refractivity contribution is 0.141. The van der Waals surface area contributed by atoms with Crippen molar-refractivity contribution in [2.75, 3.05) is 6.54 Å². The van der Waals surface area contributed by atoms with Crippen molar-refractivity contribution >= 4 is 6.09 Å². The lowest BCUT2D eigenvalue weighted by atomic mass is 10.2. The van der Waals surface area contributed by atoms with Gasteiger partial charge in [-0.15, -0.1) is 0 Å². The van der Waals surface area contributed by atoms with Crippen molar-refractivity contribution in [2.24, 2.45) is 0 Å². The van der Waals surface area contributed by atoms with Crippen molar-refractivity contribution in [1.82, 2.24) is 15.1 Å². The third-order valence-corrected chi connectivity index (χ3v) is 3.37. The zero-order valence-electron chi connectivity index (χ0n) is 13.6. The number of ether oxygens (including phenoxy) is 1. The fourth-order valence-corrected chi connectivity index (χ4v) is 2.15. The average Bonchev–Trinajstić information content (AvgIpc) is 3.14. The van der Waals surface area contributed by atoms with Crippen molar-refractivity contribution in [3.8, 4) is 17.5 Å². The van der Waals surface area contributed by atoms with E-state index in [9.17, 15) is 4.79 Å². The van der Waals surface area contributed by atoms with Crippen LogP contribution in [0.15, 0.2) is 73.1 Å². The van der Waals surface area contributed by atoms with Crippen molar-refractivity contribution in [1.29, 1.82) is 0 Å². The summed E-state index contributed by atoms with van der Waals surface area (Å²) < 4.78 is 6.86. The predicted octanol–water partition coefficient (Wildman–Crippen LogP) is 3.15. The number of hydrogen-bond acceptors (Lipinski definition) is 3. The van der Waals surface area contributed by atoms with Crippen LogP contribution < -0.4 is 5.32 Å². The summed E-state index contributed by atoms with van der Waals surface area (Å²) in [6, 6.07) is 19.3. The van der Waals surface area contributed by atoms with Crippen molar-refractivity contribution in [2.45, 2.75) is 6.61 Å². The second-order valence-electron chi connectivity index (χ2n) is 5.23. The first-order valence-corrected chi connectivity index (χ1v) is 7.85. The molecule has 0 aliphatic carbocycles. The summed E-state index contributed by atoms with van der Waals surface area (Å²) in [4.78, 5) is 11.6. The quantitative estimate of drug-likeness (QED) is 0.747. The second kappa shape index (κ2) is 8.37. The first-order valence-electron chi connectivity index (χ1n) is 7.85. The van der Waals surface area contributed by atoms with Gasteiger partial charge in [-0.3, -0.25) is 0 Å². The van der Waals surface area contributed by atoms with E-state index in [0.717, 1.165) is 16.8 Å². The van der Waals surface area contributed by atoms with E-state index in [4.69, 9.17) is 4.74 Å². The summed E-state index contributed by atoms with van der Waals surface area (Å²) in [6.45, 7) is 0.452. The summed E-state index contributed by atoms with van der Waals surface area (Å²) in [7, 11) is 0. The van der Waals surface area contributed by atoms with E-state index in [0.29, 0.717) is 0 Å². The Morgan fingerprint density at radius 2 is 1.80 bits per heavy atom. The number of rotatable bonds is 4. The summed E-state index contributed by atoms with van der Waals surface area (Å²) >= 11 is 0. The van der Waals surface area contributed by atoms with Gasteiger partial charge in [-0.25, -0.2) is 9.48 Å². The Kier molecular flexibility index (Phi) is 5.47. The molecule has 0 fully saturated rings. The number of nitrogens with zero attached hydrogens (tertiary/aromatic N) is 2. The monoisotopic (exact) mass is 331 g/mol. The highest BCUT2D eigenvalue weighted by Gasteiger charge is 2.00. The molecule has 124 valence electrons. The van der Waals surface area contributed by atoms with Crippen LogP contribution in [0.2, 0.25) is 0 Å². The van der Waals surface area contributed by atoms with E-state index in [1.54, 1.807) is 10.9 Å². The van der Waals surface area contributed by atoms with Gasteiger partial charge >= 0.3 is 6.09 Å². The number of hydrogen-bond donors (Lipinski definition) is 1. The lowest BCUT2D eigenvalue weighted by Gasteiger charge is -2.04. The Hall–Kier alpha value is -3.52. The van der Waals surface area contributed by atoms with Crippen LogP contribution in [0, 0.1) is 11.8 Å². The summed E-state index contributed by atoms with van der Waals surface area (Å²) in [6.07, 6.45) is 3.04. The minimum atomic E-state index is -0.488. The molecule has 1 amide bonds. The molecule has 0 saturated heterocycles. The van der Waals surface area contributed by atoms with Crippen LogP contribution in [0.3, 0.4) is 0 Å². The SMILES string of the molecule is O=C(NCC#Cc1cnn(-c2ccccc2)c1)OCc1ccccc1. The van der Waals surface area contributed by atoms with Gasteiger partial charge in [0.2, 0.25) is 0 Å². The van der Waals surface area contributed by atoms with Crippen LogP contribution in [-0.4, -0.2) is 22.4 Å². The summed E-state index contributed by atoms with van der Waals surface area (Å²) in [5.74, 6) is 5.84. The molecule has 1 aromatic heterocycles. The number of carbonyl (C=O) groups excluding carboxylic acids is 1. The molecule has 1 heterocycles. The molecule has 0 aliphatic rings. The van der Waals surface area contributed by atoms with Crippen LogP contribution in [0.1, 0.15) is 11.1 Å². The van der Waals surface area contributed by atoms with Gasteiger partial charge in [0.1, 0.15) is 6.61 Å². The van der Waals surface area contributed by atoms with E-state index in [2.05, 4.69) is 22.3 Å². The average molecular weight is 331 g/mol. The summed E-state index contributed by atoms with van der Waals surface area (Å²) in [5.41, 5.74) is 2.69. The molecule has 3 aromatic rings. The van der Waals surface area contributed by atoms with Crippen molar-refractivity contribution < 1.29 is 9.53 Å². The number of nitrogens with one attached hydrogen (secondary N) is 1. The fourth-order valence-electron chi connectivity index (χ4n) is 2.15. The molecular formula is C20H17N3O2. The number of alkyl carbamates (subject to hydrolysis) is 1. The first kappa shape index (κ1) is 16.3. The van der Waals surface area contributed by atoms with E-state index < -0.39 is 6.09 Å². The number of aromatic nitrogens is 2. The van der Waals surface area contributed by atoms with Gasteiger partial charge in [0, 0.05) is 6.20 Å². The molecule has 0 radical (unpaired) electrons. The molecular weight excluding hydrogens is 314 g/mol. The minimum absolute atomic E-state index is 0.212. The standard InChI is InChI=1S/C20H17N3O2/c24-20(25-16-17-8-3-1-4-9-17)21-13-7-10-18-14-22-23(15-18)19-11-5-2-6-12-19/h1-6,8-9,11-12,14-15H,13,16H2,(H,21,24). The smallest absolute Gasteiger partial charge is 0.408 e. The Balaban J connectivity index is 1.45. The first-order chi connectivity index (χ1) is 12.3. The molecule has 0 bridgehead atoms. The van der Waals surface area contributed by atoms with Gasteiger partial charge in [0.25, 0.3) is 0 Å². The lowest BCUT2D eigenvalue weighted by Crippen LogP contribution is -2.24. The molecule has 5 heteroatoms. The van der Waals surface area contributed by atoms with E-state index in [1.807, 2.05) is 66.9 Å². The Morgan fingerprint density at radius 1 is 1.08 bits per heavy atom. The third kappa shape index (κ3) is 4.98. The maximum atomic E-state index is 11.6. The number of amides is 1. The molecule has 0 spiro atoms. The van der Waals surface area contributed by atoms with E-state index >= 15 is 0 Å². The third-order valence-electron chi connectivity index (χ3n) is 3.37. The van der Waals surface area contributed by atoms with Crippen LogP contribution >= 0.6 is 0 Å². The van der Waals surface area contributed by atoms with Crippen LogP contribution in [0.4, 0.5) is 4.79 Å². The maximum Gasteiger partial charge on any atom is 0.408 e. The molecule has 5 nitrogen and oxygen atoms in total. The number of carbonyl (C=O) groups is 1. The van der Waals surface area contributed by atoms with Crippen LogP contribution in [0.25, 0.3) is 5.69 Å².